The quantitative estimate of drug-likeness (QED) is 0.450. The zero-order valence-corrected chi connectivity index (χ0v) is 14.8. The Kier molecular flexibility index (Phi) is 6.63. The van der Waals surface area contributed by atoms with Crippen LogP contribution in [0.3, 0.4) is 0 Å². The second-order valence-electron chi connectivity index (χ2n) is 5.12. The number of nitrogens with one attached hydrogen (secondary N) is 2. The first-order valence-electron chi connectivity index (χ1n) is 7.34. The van der Waals surface area contributed by atoms with E-state index in [9.17, 15) is 9.59 Å². The zero-order chi connectivity index (χ0) is 17.5. The first-order valence-corrected chi connectivity index (χ1v) is 8.70. The number of carbonyl (C=O) groups is 1. The molecule has 1 aromatic carbocycles. The van der Waals surface area contributed by atoms with Crippen LogP contribution in [0.1, 0.15) is 16.8 Å². The van der Waals surface area contributed by atoms with E-state index in [1.54, 1.807) is 13.0 Å². The molecule has 0 aliphatic heterocycles. The van der Waals surface area contributed by atoms with E-state index in [1.807, 2.05) is 24.3 Å². The second kappa shape index (κ2) is 8.70. The fourth-order valence-corrected chi connectivity index (χ4v) is 3.11. The summed E-state index contributed by atoms with van der Waals surface area (Å²) in [6.45, 7) is 5.63. The van der Waals surface area contributed by atoms with Crippen LogP contribution in [0.15, 0.2) is 46.9 Å². The Balaban J connectivity index is 2.07. The number of carbonyl (C=O) groups excluding carboxylic acids is 1. The third-order valence-electron chi connectivity index (χ3n) is 3.25. The topological polar surface area (TPSA) is 74.8 Å². The summed E-state index contributed by atoms with van der Waals surface area (Å²) in [4.78, 5) is 31.1. The Labute approximate surface area is 149 Å². The lowest BCUT2D eigenvalue weighted by Gasteiger charge is -2.07. The lowest BCUT2D eigenvalue weighted by Crippen LogP contribution is -2.29. The number of benzene rings is 1. The van der Waals surface area contributed by atoms with E-state index < -0.39 is 0 Å². The molecule has 0 bridgehead atoms. The fourth-order valence-electron chi connectivity index (χ4n) is 2.05. The molecule has 1 heterocycles. The minimum absolute atomic E-state index is 0.00124. The lowest BCUT2D eigenvalue weighted by atomic mass is 10.1. The monoisotopic (exact) mass is 363 g/mol. The van der Waals surface area contributed by atoms with Crippen LogP contribution in [0.25, 0.3) is 0 Å². The van der Waals surface area contributed by atoms with Gasteiger partial charge in [-0.2, -0.15) is 0 Å². The predicted octanol–water partition coefficient (Wildman–Crippen LogP) is 2.87. The smallest absolute Gasteiger partial charge is 0.255 e. The van der Waals surface area contributed by atoms with Crippen molar-refractivity contribution >= 4 is 29.3 Å². The molecule has 7 heteroatoms. The van der Waals surface area contributed by atoms with Gasteiger partial charge in [-0.25, -0.2) is 4.98 Å². The SMILES string of the molecule is C=CCNC(=O)Cc1c(C)nc(SCc2cccc(Cl)c2)[nH]c1=O. The average molecular weight is 364 g/mol. The van der Waals surface area contributed by atoms with Crippen molar-refractivity contribution in [2.75, 3.05) is 6.54 Å². The Morgan fingerprint density at radius 1 is 1.50 bits per heavy atom. The molecule has 24 heavy (non-hydrogen) atoms. The molecule has 2 N–H and O–H groups in total. The maximum atomic E-state index is 12.2. The van der Waals surface area contributed by atoms with Gasteiger partial charge in [-0.05, 0) is 24.6 Å². The third-order valence-corrected chi connectivity index (χ3v) is 4.43. The molecule has 126 valence electrons. The normalized spacial score (nSPS) is 10.4. The number of halogens is 1. The van der Waals surface area contributed by atoms with Gasteiger partial charge in [0.1, 0.15) is 0 Å². The number of rotatable bonds is 7. The van der Waals surface area contributed by atoms with Gasteiger partial charge in [0, 0.05) is 28.6 Å². The summed E-state index contributed by atoms with van der Waals surface area (Å²) in [5.41, 5.74) is 1.69. The summed E-state index contributed by atoms with van der Waals surface area (Å²) in [5.74, 6) is 0.409. The maximum Gasteiger partial charge on any atom is 0.255 e. The van der Waals surface area contributed by atoms with Crippen molar-refractivity contribution in [1.29, 1.82) is 0 Å². The third kappa shape index (κ3) is 5.25. The number of aromatic amines is 1. The largest absolute Gasteiger partial charge is 0.352 e. The summed E-state index contributed by atoms with van der Waals surface area (Å²) in [7, 11) is 0. The molecule has 0 saturated heterocycles. The molecule has 0 aliphatic rings. The van der Waals surface area contributed by atoms with E-state index in [4.69, 9.17) is 11.6 Å². The molecule has 0 spiro atoms. The Morgan fingerprint density at radius 2 is 2.29 bits per heavy atom. The molecule has 0 radical (unpaired) electrons. The van der Waals surface area contributed by atoms with Crippen LogP contribution in [0.2, 0.25) is 5.02 Å². The van der Waals surface area contributed by atoms with Crippen LogP contribution in [-0.2, 0) is 17.0 Å². The molecule has 2 rings (SSSR count). The molecular formula is C17H18ClN3O2S. The van der Waals surface area contributed by atoms with Gasteiger partial charge >= 0.3 is 0 Å². The molecule has 0 saturated carbocycles. The molecule has 1 amide bonds. The van der Waals surface area contributed by atoms with Crippen LogP contribution in [0, 0.1) is 6.92 Å². The standard InChI is InChI=1S/C17H18ClN3O2S/c1-3-7-19-15(22)9-14-11(2)20-17(21-16(14)23)24-10-12-5-4-6-13(18)8-12/h3-6,8H,1,7,9-10H2,2H3,(H,19,22)(H,20,21,23). The molecule has 0 unspecified atom stereocenters. The molecule has 0 fully saturated rings. The van der Waals surface area contributed by atoms with Gasteiger partial charge in [-0.1, -0.05) is 41.6 Å². The highest BCUT2D eigenvalue weighted by Crippen LogP contribution is 2.21. The Bertz CT molecular complexity index is 805. The minimum Gasteiger partial charge on any atom is -0.352 e. The molecular weight excluding hydrogens is 346 g/mol. The minimum atomic E-state index is -0.287. The molecule has 1 aromatic heterocycles. The average Bonchev–Trinajstić information content (AvgIpc) is 2.54. The first-order chi connectivity index (χ1) is 11.5. The lowest BCUT2D eigenvalue weighted by molar-refractivity contribution is -0.120. The summed E-state index contributed by atoms with van der Waals surface area (Å²) in [5, 5.41) is 3.84. The van der Waals surface area contributed by atoms with E-state index in [0.29, 0.717) is 33.7 Å². The number of aromatic nitrogens is 2. The predicted molar refractivity (Wildman–Crippen MR) is 97.5 cm³/mol. The second-order valence-corrected chi connectivity index (χ2v) is 6.52. The molecule has 2 aromatic rings. The molecule has 5 nitrogen and oxygen atoms in total. The van der Waals surface area contributed by atoms with Crippen LogP contribution in [0.4, 0.5) is 0 Å². The van der Waals surface area contributed by atoms with Crippen molar-refractivity contribution in [2.45, 2.75) is 24.3 Å². The van der Waals surface area contributed by atoms with E-state index in [-0.39, 0.29) is 17.9 Å². The van der Waals surface area contributed by atoms with Crippen molar-refractivity contribution in [1.82, 2.24) is 15.3 Å². The number of amides is 1. The van der Waals surface area contributed by atoms with Gasteiger partial charge in [-0.3, -0.25) is 9.59 Å². The van der Waals surface area contributed by atoms with Crippen molar-refractivity contribution in [2.24, 2.45) is 0 Å². The van der Waals surface area contributed by atoms with Crippen molar-refractivity contribution in [3.63, 3.8) is 0 Å². The first kappa shape index (κ1) is 18.3. The van der Waals surface area contributed by atoms with Crippen molar-refractivity contribution in [3.8, 4) is 0 Å². The van der Waals surface area contributed by atoms with Crippen molar-refractivity contribution < 1.29 is 4.79 Å². The molecule has 0 aliphatic carbocycles. The molecule has 0 atom stereocenters. The Hall–Kier alpha value is -2.05. The highest BCUT2D eigenvalue weighted by atomic mass is 35.5. The highest BCUT2D eigenvalue weighted by molar-refractivity contribution is 7.98. The van der Waals surface area contributed by atoms with E-state index in [2.05, 4.69) is 21.9 Å². The van der Waals surface area contributed by atoms with Gasteiger partial charge in [0.2, 0.25) is 5.91 Å². The van der Waals surface area contributed by atoms with Gasteiger partial charge in [-0.15, -0.1) is 6.58 Å². The van der Waals surface area contributed by atoms with Gasteiger partial charge in [0.15, 0.2) is 5.16 Å². The van der Waals surface area contributed by atoms with Gasteiger partial charge < -0.3 is 10.3 Å². The van der Waals surface area contributed by atoms with Crippen molar-refractivity contribution in [3.05, 3.63) is 69.1 Å². The number of thioether (sulfide) groups is 1. The van der Waals surface area contributed by atoms with E-state index in [1.165, 1.54) is 11.8 Å². The summed E-state index contributed by atoms with van der Waals surface area (Å²) >= 11 is 7.37. The summed E-state index contributed by atoms with van der Waals surface area (Å²) < 4.78 is 0. The number of aryl methyl sites for hydroxylation is 1. The zero-order valence-electron chi connectivity index (χ0n) is 13.3. The van der Waals surface area contributed by atoms with Gasteiger partial charge in [0.25, 0.3) is 5.56 Å². The fraction of sp³-hybridized carbons (Fsp3) is 0.235. The van der Waals surface area contributed by atoms with E-state index in [0.717, 1.165) is 5.56 Å². The number of H-pyrrole nitrogens is 1. The van der Waals surface area contributed by atoms with E-state index >= 15 is 0 Å². The highest BCUT2D eigenvalue weighted by Gasteiger charge is 2.12. The van der Waals surface area contributed by atoms with Crippen LogP contribution >= 0.6 is 23.4 Å². The summed E-state index contributed by atoms with van der Waals surface area (Å²) in [6.07, 6.45) is 1.59. The number of hydrogen-bond donors (Lipinski definition) is 2. The number of hydrogen-bond acceptors (Lipinski definition) is 4. The van der Waals surface area contributed by atoms with Crippen LogP contribution in [-0.4, -0.2) is 22.4 Å². The summed E-state index contributed by atoms with van der Waals surface area (Å²) in [6, 6.07) is 7.52. The van der Waals surface area contributed by atoms with Gasteiger partial charge in [0.05, 0.1) is 6.42 Å². The van der Waals surface area contributed by atoms with Crippen LogP contribution in [0.5, 0.6) is 0 Å². The Morgan fingerprint density at radius 3 is 2.96 bits per heavy atom. The maximum absolute atomic E-state index is 12.2. The van der Waals surface area contributed by atoms with Crippen LogP contribution < -0.4 is 10.9 Å². The number of nitrogens with zero attached hydrogens (tertiary/aromatic N) is 1.